The minimum absolute atomic E-state index is 0.310. The van der Waals surface area contributed by atoms with Crippen molar-refractivity contribution in [2.45, 2.75) is 30.4 Å². The molecule has 27 heavy (non-hydrogen) atoms. The summed E-state index contributed by atoms with van der Waals surface area (Å²) in [4.78, 5) is 12.4. The normalized spacial score (nSPS) is 11.4. The first-order valence-corrected chi connectivity index (χ1v) is 11.7. The molecule has 0 aliphatic rings. The molecule has 1 N–H and O–H groups in total. The van der Waals surface area contributed by atoms with Crippen LogP contribution in [0.3, 0.4) is 0 Å². The van der Waals surface area contributed by atoms with E-state index in [2.05, 4.69) is 15.5 Å². The lowest BCUT2D eigenvalue weighted by atomic mass is 10.3. The number of sulfonamides is 1. The van der Waals surface area contributed by atoms with Gasteiger partial charge in [0.15, 0.2) is 4.34 Å². The second-order valence-corrected chi connectivity index (χ2v) is 10.5. The zero-order valence-corrected chi connectivity index (χ0v) is 17.9. The molecule has 0 aliphatic carbocycles. The highest BCUT2D eigenvalue weighted by molar-refractivity contribution is 8.01. The Labute approximate surface area is 167 Å². The number of rotatable bonds is 9. The third-order valence-corrected chi connectivity index (χ3v) is 6.16. The number of nitrogens with zero attached hydrogens (tertiary/aromatic N) is 3. The SMILES string of the molecule is CCOc1ccccc1N(CC(=O)Nc1nnc(SC(C)C)s1)S(C)(=O)=O. The Balaban J connectivity index is 2.17. The molecule has 0 saturated carbocycles. The van der Waals surface area contributed by atoms with Crippen LogP contribution >= 0.6 is 23.1 Å². The van der Waals surface area contributed by atoms with Crippen molar-refractivity contribution in [3.8, 4) is 5.75 Å². The van der Waals surface area contributed by atoms with Gasteiger partial charge in [-0.05, 0) is 19.1 Å². The maximum absolute atomic E-state index is 12.4. The van der Waals surface area contributed by atoms with E-state index in [1.807, 2.05) is 13.8 Å². The molecule has 148 valence electrons. The van der Waals surface area contributed by atoms with Gasteiger partial charge in [-0.25, -0.2) is 8.42 Å². The lowest BCUT2D eigenvalue weighted by Gasteiger charge is -2.23. The number of amides is 1. The number of hydrogen-bond acceptors (Lipinski definition) is 8. The first-order chi connectivity index (χ1) is 12.7. The average Bonchev–Trinajstić information content (AvgIpc) is 2.98. The van der Waals surface area contributed by atoms with E-state index in [1.165, 1.54) is 23.1 Å². The van der Waals surface area contributed by atoms with Gasteiger partial charge in [-0.1, -0.05) is 49.1 Å². The molecule has 1 amide bonds. The van der Waals surface area contributed by atoms with Crippen LogP contribution in [0.25, 0.3) is 0 Å². The van der Waals surface area contributed by atoms with Crippen LogP contribution in [-0.4, -0.2) is 49.2 Å². The maximum Gasteiger partial charge on any atom is 0.246 e. The van der Waals surface area contributed by atoms with Crippen LogP contribution in [0.15, 0.2) is 28.6 Å². The largest absolute Gasteiger partial charge is 0.492 e. The third kappa shape index (κ3) is 6.36. The zero-order valence-electron chi connectivity index (χ0n) is 15.5. The second-order valence-electron chi connectivity index (χ2n) is 5.76. The quantitative estimate of drug-likeness (QED) is 0.482. The fourth-order valence-corrected chi connectivity index (χ4v) is 4.97. The van der Waals surface area contributed by atoms with Crippen molar-refractivity contribution in [2.24, 2.45) is 0 Å². The minimum Gasteiger partial charge on any atom is -0.492 e. The summed E-state index contributed by atoms with van der Waals surface area (Å²) in [5.74, 6) is -0.117. The van der Waals surface area contributed by atoms with Crippen molar-refractivity contribution >= 4 is 49.8 Å². The Kier molecular flexibility index (Phi) is 7.45. The molecule has 0 saturated heterocycles. The zero-order chi connectivity index (χ0) is 20.0. The molecule has 8 nitrogen and oxygen atoms in total. The smallest absolute Gasteiger partial charge is 0.246 e. The van der Waals surface area contributed by atoms with Crippen LogP contribution in [0.2, 0.25) is 0 Å². The Morgan fingerprint density at radius 1 is 1.33 bits per heavy atom. The van der Waals surface area contributed by atoms with E-state index < -0.39 is 22.5 Å². The van der Waals surface area contributed by atoms with Gasteiger partial charge in [-0.2, -0.15) is 0 Å². The molecule has 1 heterocycles. The van der Waals surface area contributed by atoms with Gasteiger partial charge in [0.1, 0.15) is 12.3 Å². The second kappa shape index (κ2) is 9.38. The van der Waals surface area contributed by atoms with Gasteiger partial charge in [0.05, 0.1) is 18.6 Å². The van der Waals surface area contributed by atoms with Crippen molar-refractivity contribution in [3.05, 3.63) is 24.3 Å². The summed E-state index contributed by atoms with van der Waals surface area (Å²) in [5, 5.41) is 11.2. The first-order valence-electron chi connectivity index (χ1n) is 8.20. The summed E-state index contributed by atoms with van der Waals surface area (Å²) in [7, 11) is -3.70. The van der Waals surface area contributed by atoms with Crippen molar-refractivity contribution in [1.82, 2.24) is 10.2 Å². The molecule has 0 bridgehead atoms. The topological polar surface area (TPSA) is 101 Å². The predicted octanol–water partition coefficient (Wildman–Crippen LogP) is 2.84. The molecule has 0 unspecified atom stereocenters. The Bertz CT molecular complexity index is 883. The van der Waals surface area contributed by atoms with Gasteiger partial charge < -0.3 is 4.74 Å². The van der Waals surface area contributed by atoms with Gasteiger partial charge in [0, 0.05) is 5.25 Å². The van der Waals surface area contributed by atoms with Crippen molar-refractivity contribution < 1.29 is 17.9 Å². The molecule has 0 fully saturated rings. The Hall–Kier alpha value is -1.85. The van der Waals surface area contributed by atoms with E-state index in [0.717, 1.165) is 14.9 Å². The maximum atomic E-state index is 12.4. The van der Waals surface area contributed by atoms with Gasteiger partial charge >= 0.3 is 0 Å². The summed E-state index contributed by atoms with van der Waals surface area (Å²) >= 11 is 2.79. The van der Waals surface area contributed by atoms with E-state index in [0.29, 0.717) is 28.4 Å². The van der Waals surface area contributed by atoms with E-state index in [-0.39, 0.29) is 0 Å². The van der Waals surface area contributed by atoms with Crippen LogP contribution in [0.1, 0.15) is 20.8 Å². The molecule has 1 aromatic heterocycles. The lowest BCUT2D eigenvalue weighted by molar-refractivity contribution is -0.114. The van der Waals surface area contributed by atoms with E-state index >= 15 is 0 Å². The number of aromatic nitrogens is 2. The van der Waals surface area contributed by atoms with Crippen LogP contribution in [-0.2, 0) is 14.8 Å². The number of para-hydroxylation sites is 2. The molecule has 0 radical (unpaired) electrons. The highest BCUT2D eigenvalue weighted by Crippen LogP contribution is 2.31. The third-order valence-electron chi connectivity index (χ3n) is 3.11. The summed E-state index contributed by atoms with van der Waals surface area (Å²) < 4.78 is 31.8. The summed E-state index contributed by atoms with van der Waals surface area (Å²) in [5.41, 5.74) is 0.310. The molecule has 2 rings (SSSR count). The predicted molar refractivity (Wildman–Crippen MR) is 109 cm³/mol. The van der Waals surface area contributed by atoms with Gasteiger partial charge in [-0.15, -0.1) is 10.2 Å². The molecule has 1 aromatic carbocycles. The number of hydrogen-bond donors (Lipinski definition) is 1. The van der Waals surface area contributed by atoms with Crippen LogP contribution < -0.4 is 14.4 Å². The number of nitrogens with one attached hydrogen (secondary N) is 1. The Morgan fingerprint density at radius 3 is 2.67 bits per heavy atom. The monoisotopic (exact) mass is 430 g/mol. The summed E-state index contributed by atoms with van der Waals surface area (Å²) in [6.07, 6.45) is 1.05. The summed E-state index contributed by atoms with van der Waals surface area (Å²) in [6, 6.07) is 6.69. The van der Waals surface area contributed by atoms with Crippen molar-refractivity contribution in [2.75, 3.05) is 29.0 Å². The standard InChI is InChI=1S/C16H22N4O4S3/c1-5-24-13-9-7-6-8-12(13)20(27(4,22)23)10-14(21)17-15-18-19-16(26-15)25-11(2)3/h6-9,11H,5,10H2,1-4H3,(H,17,18,21). The fourth-order valence-electron chi connectivity index (χ4n) is 2.12. The van der Waals surface area contributed by atoms with Crippen molar-refractivity contribution in [1.29, 1.82) is 0 Å². The number of carbonyl (C=O) groups excluding carboxylic acids is 1. The lowest BCUT2D eigenvalue weighted by Crippen LogP contribution is -2.37. The molecule has 0 spiro atoms. The molecule has 0 atom stereocenters. The number of thioether (sulfide) groups is 1. The van der Waals surface area contributed by atoms with E-state index in [1.54, 1.807) is 31.2 Å². The molecule has 0 aliphatic heterocycles. The first kappa shape index (κ1) is 21.5. The number of anilines is 2. The molecule has 2 aromatic rings. The highest BCUT2D eigenvalue weighted by atomic mass is 32.2. The van der Waals surface area contributed by atoms with Gasteiger partial charge in [0.2, 0.25) is 21.1 Å². The number of carbonyl (C=O) groups is 1. The molecular formula is C16H22N4O4S3. The van der Waals surface area contributed by atoms with Crippen molar-refractivity contribution in [3.63, 3.8) is 0 Å². The van der Waals surface area contributed by atoms with Crippen LogP contribution in [0.5, 0.6) is 5.75 Å². The highest BCUT2D eigenvalue weighted by Gasteiger charge is 2.24. The van der Waals surface area contributed by atoms with Gasteiger partial charge in [-0.3, -0.25) is 14.4 Å². The fraction of sp³-hybridized carbons (Fsp3) is 0.438. The number of ether oxygens (including phenoxy) is 1. The van der Waals surface area contributed by atoms with Crippen LogP contribution in [0, 0.1) is 0 Å². The Morgan fingerprint density at radius 2 is 2.04 bits per heavy atom. The van der Waals surface area contributed by atoms with E-state index in [9.17, 15) is 13.2 Å². The van der Waals surface area contributed by atoms with Crippen LogP contribution in [0.4, 0.5) is 10.8 Å². The molecular weight excluding hydrogens is 408 g/mol. The average molecular weight is 431 g/mol. The summed E-state index contributed by atoms with van der Waals surface area (Å²) in [6.45, 7) is 5.85. The van der Waals surface area contributed by atoms with Gasteiger partial charge in [0.25, 0.3) is 0 Å². The van der Waals surface area contributed by atoms with E-state index in [4.69, 9.17) is 4.74 Å². The number of benzene rings is 1. The minimum atomic E-state index is -3.70. The molecule has 11 heteroatoms.